The Balaban J connectivity index is 2.11. The molecule has 2 unspecified atom stereocenters. The Labute approximate surface area is 110 Å². The third-order valence-electron chi connectivity index (χ3n) is 2.98. The number of carbonyl (C=O) groups excluding carboxylic acids is 2. The maximum atomic E-state index is 11.4. The molecular weight excluding hydrogens is 250 g/mol. The first-order chi connectivity index (χ1) is 8.99. The quantitative estimate of drug-likeness (QED) is 0.660. The van der Waals surface area contributed by atoms with E-state index in [-0.39, 0.29) is 19.1 Å². The SMILES string of the molecule is CC(=O)NCC(O)C(O)c1ccc2c(c1)C(=O)OC2. The molecule has 0 bridgehead atoms. The van der Waals surface area contributed by atoms with Gasteiger partial charge in [-0.15, -0.1) is 0 Å². The highest BCUT2D eigenvalue weighted by Crippen LogP contribution is 2.25. The number of aliphatic hydroxyl groups excluding tert-OH is 2. The van der Waals surface area contributed by atoms with E-state index >= 15 is 0 Å². The number of fused-ring (bicyclic) bond motifs is 1. The Kier molecular flexibility index (Phi) is 3.82. The average Bonchev–Trinajstić information content (AvgIpc) is 2.76. The van der Waals surface area contributed by atoms with E-state index in [9.17, 15) is 19.8 Å². The van der Waals surface area contributed by atoms with E-state index in [2.05, 4.69) is 5.32 Å². The fourth-order valence-electron chi connectivity index (χ4n) is 1.90. The predicted molar refractivity (Wildman–Crippen MR) is 65.2 cm³/mol. The number of rotatable bonds is 4. The molecule has 0 radical (unpaired) electrons. The van der Waals surface area contributed by atoms with Gasteiger partial charge >= 0.3 is 5.97 Å². The van der Waals surface area contributed by atoms with Crippen molar-refractivity contribution in [2.24, 2.45) is 0 Å². The van der Waals surface area contributed by atoms with Crippen molar-refractivity contribution in [2.45, 2.75) is 25.7 Å². The van der Waals surface area contributed by atoms with Gasteiger partial charge in [0.1, 0.15) is 18.8 Å². The maximum Gasteiger partial charge on any atom is 0.338 e. The summed E-state index contributed by atoms with van der Waals surface area (Å²) in [6.45, 7) is 1.50. The lowest BCUT2D eigenvalue weighted by Crippen LogP contribution is -2.34. The molecule has 6 heteroatoms. The van der Waals surface area contributed by atoms with Crippen LogP contribution in [0.2, 0.25) is 0 Å². The van der Waals surface area contributed by atoms with Gasteiger partial charge in [-0.1, -0.05) is 12.1 Å². The second-order valence-electron chi connectivity index (χ2n) is 4.44. The van der Waals surface area contributed by atoms with Crippen LogP contribution in [0, 0.1) is 0 Å². The Bertz CT molecular complexity index is 514. The molecule has 1 aromatic rings. The number of aliphatic hydroxyl groups is 2. The van der Waals surface area contributed by atoms with Crippen molar-refractivity contribution in [2.75, 3.05) is 6.54 Å². The molecule has 1 aliphatic rings. The van der Waals surface area contributed by atoms with Gasteiger partial charge in [-0.2, -0.15) is 0 Å². The van der Waals surface area contributed by atoms with Crippen LogP contribution in [-0.2, 0) is 16.1 Å². The van der Waals surface area contributed by atoms with Crippen molar-refractivity contribution in [3.05, 3.63) is 34.9 Å². The minimum Gasteiger partial charge on any atom is -0.457 e. The summed E-state index contributed by atoms with van der Waals surface area (Å²) in [6, 6.07) is 4.82. The van der Waals surface area contributed by atoms with Crippen LogP contribution in [-0.4, -0.2) is 34.7 Å². The van der Waals surface area contributed by atoms with Gasteiger partial charge in [-0.3, -0.25) is 4.79 Å². The number of carbonyl (C=O) groups is 2. The van der Waals surface area contributed by atoms with E-state index in [0.717, 1.165) is 5.56 Å². The van der Waals surface area contributed by atoms with Crippen molar-refractivity contribution >= 4 is 11.9 Å². The first-order valence-corrected chi connectivity index (χ1v) is 5.89. The molecule has 0 spiro atoms. The molecule has 0 aliphatic carbocycles. The van der Waals surface area contributed by atoms with Gasteiger partial charge in [-0.05, 0) is 11.6 Å². The van der Waals surface area contributed by atoms with Gasteiger partial charge < -0.3 is 20.3 Å². The molecule has 2 rings (SSSR count). The number of esters is 1. The summed E-state index contributed by atoms with van der Waals surface area (Å²) in [5.74, 6) is -0.718. The summed E-state index contributed by atoms with van der Waals surface area (Å²) in [5.41, 5.74) is 1.58. The Hall–Kier alpha value is -1.92. The van der Waals surface area contributed by atoms with Crippen molar-refractivity contribution in [3.8, 4) is 0 Å². The van der Waals surface area contributed by atoms with Gasteiger partial charge in [-0.25, -0.2) is 4.79 Å². The molecular formula is C13H15NO5. The van der Waals surface area contributed by atoms with Crippen molar-refractivity contribution in [1.29, 1.82) is 0 Å². The van der Waals surface area contributed by atoms with Crippen LogP contribution in [0.4, 0.5) is 0 Å². The van der Waals surface area contributed by atoms with Crippen LogP contribution in [0.1, 0.15) is 34.5 Å². The largest absolute Gasteiger partial charge is 0.457 e. The normalized spacial score (nSPS) is 16.5. The highest BCUT2D eigenvalue weighted by Gasteiger charge is 2.25. The van der Waals surface area contributed by atoms with E-state index in [0.29, 0.717) is 11.1 Å². The Morgan fingerprint density at radius 1 is 1.47 bits per heavy atom. The molecule has 102 valence electrons. The molecule has 0 saturated carbocycles. The molecule has 3 N–H and O–H groups in total. The minimum atomic E-state index is -1.18. The van der Waals surface area contributed by atoms with Crippen molar-refractivity contribution in [1.82, 2.24) is 5.32 Å². The van der Waals surface area contributed by atoms with E-state index in [1.807, 2.05) is 0 Å². The highest BCUT2D eigenvalue weighted by atomic mass is 16.5. The number of ether oxygens (including phenoxy) is 1. The highest BCUT2D eigenvalue weighted by molar-refractivity contribution is 5.93. The summed E-state index contributed by atoms with van der Waals surface area (Å²) in [6.07, 6.45) is -2.31. The van der Waals surface area contributed by atoms with Crippen LogP contribution in [0.5, 0.6) is 0 Å². The number of hydrogen-bond donors (Lipinski definition) is 3. The lowest BCUT2D eigenvalue weighted by Gasteiger charge is -2.18. The summed E-state index contributed by atoms with van der Waals surface area (Å²) >= 11 is 0. The third kappa shape index (κ3) is 2.91. The summed E-state index contributed by atoms with van der Waals surface area (Å²) < 4.78 is 4.86. The van der Waals surface area contributed by atoms with Crippen molar-refractivity contribution in [3.63, 3.8) is 0 Å². The minimum absolute atomic E-state index is 0.0575. The monoisotopic (exact) mass is 265 g/mol. The first-order valence-electron chi connectivity index (χ1n) is 5.89. The Morgan fingerprint density at radius 3 is 2.89 bits per heavy atom. The lowest BCUT2D eigenvalue weighted by molar-refractivity contribution is -0.119. The zero-order valence-corrected chi connectivity index (χ0v) is 10.4. The van der Waals surface area contributed by atoms with E-state index in [1.54, 1.807) is 12.1 Å². The van der Waals surface area contributed by atoms with Gasteiger partial charge in [0.2, 0.25) is 5.91 Å². The van der Waals surface area contributed by atoms with E-state index in [1.165, 1.54) is 13.0 Å². The van der Waals surface area contributed by atoms with E-state index < -0.39 is 18.2 Å². The topological polar surface area (TPSA) is 95.9 Å². The van der Waals surface area contributed by atoms with Crippen LogP contribution >= 0.6 is 0 Å². The number of nitrogens with one attached hydrogen (secondary N) is 1. The van der Waals surface area contributed by atoms with E-state index in [4.69, 9.17) is 4.74 Å². The summed E-state index contributed by atoms with van der Waals surface area (Å²) in [5, 5.41) is 22.1. The molecule has 1 heterocycles. The number of hydrogen-bond acceptors (Lipinski definition) is 5. The van der Waals surface area contributed by atoms with Gasteiger partial charge in [0.05, 0.1) is 5.56 Å². The van der Waals surface area contributed by atoms with Crippen LogP contribution in [0.25, 0.3) is 0 Å². The number of benzene rings is 1. The Morgan fingerprint density at radius 2 is 2.21 bits per heavy atom. The van der Waals surface area contributed by atoms with Crippen LogP contribution < -0.4 is 5.32 Å². The second-order valence-corrected chi connectivity index (χ2v) is 4.44. The molecule has 1 aliphatic heterocycles. The molecule has 19 heavy (non-hydrogen) atoms. The predicted octanol–water partition coefficient (Wildman–Crippen LogP) is -0.113. The second kappa shape index (κ2) is 5.38. The number of cyclic esters (lactones) is 1. The van der Waals surface area contributed by atoms with Gasteiger partial charge in [0.15, 0.2) is 0 Å². The van der Waals surface area contributed by atoms with Crippen molar-refractivity contribution < 1.29 is 24.5 Å². The fourth-order valence-corrected chi connectivity index (χ4v) is 1.90. The molecule has 2 atom stereocenters. The molecule has 6 nitrogen and oxygen atoms in total. The van der Waals surface area contributed by atoms with Crippen LogP contribution in [0.3, 0.4) is 0 Å². The molecule has 1 aromatic carbocycles. The third-order valence-corrected chi connectivity index (χ3v) is 2.98. The zero-order chi connectivity index (χ0) is 14.0. The first kappa shape index (κ1) is 13.5. The maximum absolute atomic E-state index is 11.4. The fraction of sp³-hybridized carbons (Fsp3) is 0.385. The van der Waals surface area contributed by atoms with Gasteiger partial charge in [0, 0.05) is 19.0 Å². The summed E-state index contributed by atoms with van der Waals surface area (Å²) in [7, 11) is 0. The standard InChI is InChI=1S/C13H15NO5/c1-7(15)14-5-11(16)12(17)8-2-3-9-6-19-13(18)10(9)4-8/h2-4,11-12,16-17H,5-6H2,1H3,(H,14,15). The van der Waals surface area contributed by atoms with Crippen LogP contribution in [0.15, 0.2) is 18.2 Å². The molecule has 0 saturated heterocycles. The lowest BCUT2D eigenvalue weighted by atomic mass is 9.99. The molecule has 1 amide bonds. The molecule has 0 fully saturated rings. The zero-order valence-electron chi connectivity index (χ0n) is 10.4. The number of amides is 1. The molecule has 0 aromatic heterocycles. The smallest absolute Gasteiger partial charge is 0.338 e. The van der Waals surface area contributed by atoms with Gasteiger partial charge in [0.25, 0.3) is 0 Å². The average molecular weight is 265 g/mol. The summed E-state index contributed by atoms with van der Waals surface area (Å²) in [4.78, 5) is 22.1.